The van der Waals surface area contributed by atoms with Crippen molar-refractivity contribution in [3.63, 3.8) is 0 Å². The highest BCUT2D eigenvalue weighted by molar-refractivity contribution is 7.99. The van der Waals surface area contributed by atoms with Crippen LogP contribution in [0.4, 0.5) is 0 Å². The van der Waals surface area contributed by atoms with Crippen LogP contribution in [0, 0.1) is 22.7 Å². The van der Waals surface area contributed by atoms with E-state index in [4.69, 9.17) is 5.26 Å². The molecule has 0 aromatic heterocycles. The van der Waals surface area contributed by atoms with E-state index in [-0.39, 0.29) is 5.41 Å². The average Bonchev–Trinajstić information content (AvgIpc) is 2.18. The summed E-state index contributed by atoms with van der Waals surface area (Å²) in [6.07, 6.45) is 6.62. The fourth-order valence-electron chi connectivity index (χ4n) is 2.07. The summed E-state index contributed by atoms with van der Waals surface area (Å²) in [5, 5.41) is 9.78. The second-order valence-electron chi connectivity index (χ2n) is 5.51. The molecule has 0 heterocycles. The molecule has 2 heteroatoms. The quantitative estimate of drug-likeness (QED) is 0.714. The Hall–Kier alpha value is -0.160. The van der Waals surface area contributed by atoms with Gasteiger partial charge in [-0.05, 0) is 44.8 Å². The first-order valence-corrected chi connectivity index (χ1v) is 7.11. The van der Waals surface area contributed by atoms with Crippen LogP contribution in [-0.2, 0) is 0 Å². The Kier molecular flexibility index (Phi) is 4.99. The second kappa shape index (κ2) is 5.80. The molecule has 0 amide bonds. The van der Waals surface area contributed by atoms with Crippen molar-refractivity contribution >= 4 is 11.8 Å². The van der Waals surface area contributed by atoms with Crippen LogP contribution in [0.25, 0.3) is 0 Å². The van der Waals surface area contributed by atoms with Gasteiger partial charge in [0.2, 0.25) is 0 Å². The summed E-state index contributed by atoms with van der Waals surface area (Å²) in [6, 6.07) is 2.37. The van der Waals surface area contributed by atoms with Gasteiger partial charge in [0, 0.05) is 5.25 Å². The minimum absolute atomic E-state index is 0.132. The molecule has 1 fully saturated rings. The molecule has 0 spiro atoms. The zero-order valence-electron chi connectivity index (χ0n) is 10.3. The molecule has 86 valence electrons. The lowest BCUT2D eigenvalue weighted by Gasteiger charge is -2.27. The highest BCUT2D eigenvalue weighted by atomic mass is 32.2. The van der Waals surface area contributed by atoms with Gasteiger partial charge >= 0.3 is 0 Å². The predicted molar refractivity (Wildman–Crippen MR) is 67.9 cm³/mol. The van der Waals surface area contributed by atoms with E-state index in [0.717, 1.165) is 23.3 Å². The fourth-order valence-corrected chi connectivity index (χ4v) is 3.83. The van der Waals surface area contributed by atoms with Crippen LogP contribution >= 0.6 is 11.8 Å². The van der Waals surface area contributed by atoms with Crippen LogP contribution in [0.3, 0.4) is 0 Å². The van der Waals surface area contributed by atoms with Gasteiger partial charge in [-0.3, -0.25) is 0 Å². The first-order valence-electron chi connectivity index (χ1n) is 6.06. The van der Waals surface area contributed by atoms with Gasteiger partial charge < -0.3 is 0 Å². The molecule has 0 aliphatic heterocycles. The van der Waals surface area contributed by atoms with Gasteiger partial charge in [0.1, 0.15) is 0 Å². The molecule has 0 radical (unpaired) electrons. The Morgan fingerprint density at radius 1 is 1.40 bits per heavy atom. The van der Waals surface area contributed by atoms with E-state index in [0.29, 0.717) is 0 Å². The molecule has 0 aromatic carbocycles. The zero-order valence-corrected chi connectivity index (χ0v) is 11.1. The molecule has 0 bridgehead atoms. The van der Waals surface area contributed by atoms with Gasteiger partial charge in [0.05, 0.1) is 11.5 Å². The first-order chi connectivity index (χ1) is 7.03. The van der Waals surface area contributed by atoms with E-state index in [1.165, 1.54) is 25.7 Å². The van der Waals surface area contributed by atoms with Gasteiger partial charge in [0.25, 0.3) is 0 Å². The first kappa shape index (κ1) is 12.9. The molecule has 0 N–H and O–H groups in total. The molecule has 2 atom stereocenters. The van der Waals surface area contributed by atoms with Crippen LogP contribution in [-0.4, -0.2) is 11.0 Å². The molecule has 1 saturated carbocycles. The largest absolute Gasteiger partial charge is 0.198 e. The summed E-state index contributed by atoms with van der Waals surface area (Å²) in [7, 11) is 0. The molecule has 1 aliphatic rings. The monoisotopic (exact) mass is 225 g/mol. The SMILES string of the molecule is CC1CCCC(SCCC(C)(C)C#N)C1. The molecule has 1 rings (SSSR count). The molecular formula is C13H23NS. The van der Waals surface area contributed by atoms with Crippen molar-refractivity contribution in [2.75, 3.05) is 5.75 Å². The van der Waals surface area contributed by atoms with Gasteiger partial charge in [-0.2, -0.15) is 17.0 Å². The van der Waals surface area contributed by atoms with E-state index in [1.54, 1.807) is 0 Å². The van der Waals surface area contributed by atoms with E-state index in [1.807, 2.05) is 13.8 Å². The smallest absolute Gasteiger partial charge is 0.0684 e. The molecule has 0 saturated heterocycles. The van der Waals surface area contributed by atoms with Crippen LogP contribution in [0.15, 0.2) is 0 Å². The van der Waals surface area contributed by atoms with Crippen molar-refractivity contribution < 1.29 is 0 Å². The van der Waals surface area contributed by atoms with Gasteiger partial charge in [-0.15, -0.1) is 0 Å². The fraction of sp³-hybridized carbons (Fsp3) is 0.923. The highest BCUT2D eigenvalue weighted by Crippen LogP contribution is 2.33. The number of thioether (sulfide) groups is 1. The lowest BCUT2D eigenvalue weighted by molar-refractivity contribution is 0.393. The summed E-state index contributed by atoms with van der Waals surface area (Å²) in [5.74, 6) is 2.07. The lowest BCUT2D eigenvalue weighted by atomic mass is 9.90. The van der Waals surface area contributed by atoms with Gasteiger partial charge in [-0.25, -0.2) is 0 Å². The maximum atomic E-state index is 8.91. The molecule has 1 aliphatic carbocycles. The normalized spacial score (nSPS) is 27.3. The Morgan fingerprint density at radius 2 is 2.13 bits per heavy atom. The number of nitrogens with zero attached hydrogens (tertiary/aromatic N) is 1. The maximum Gasteiger partial charge on any atom is 0.0684 e. The Morgan fingerprint density at radius 3 is 2.73 bits per heavy atom. The summed E-state index contributed by atoms with van der Waals surface area (Å²) in [4.78, 5) is 0. The van der Waals surface area contributed by atoms with Crippen LogP contribution in [0.2, 0.25) is 0 Å². The van der Waals surface area contributed by atoms with Crippen LogP contribution in [0.5, 0.6) is 0 Å². The summed E-state index contributed by atoms with van der Waals surface area (Å²) in [5.41, 5.74) is -0.132. The topological polar surface area (TPSA) is 23.8 Å². The van der Waals surface area contributed by atoms with E-state index in [9.17, 15) is 0 Å². The van der Waals surface area contributed by atoms with Crippen LogP contribution < -0.4 is 0 Å². The van der Waals surface area contributed by atoms with Gasteiger partial charge in [0.15, 0.2) is 0 Å². The van der Waals surface area contributed by atoms with E-state index >= 15 is 0 Å². The third kappa shape index (κ3) is 4.93. The predicted octanol–water partition coefficient (Wildman–Crippen LogP) is 4.24. The standard InChI is InChI=1S/C13H23NS/c1-11-5-4-6-12(9-11)15-8-7-13(2,3)10-14/h11-12H,4-9H2,1-3H3. The molecular weight excluding hydrogens is 202 g/mol. The van der Waals surface area contributed by atoms with E-state index in [2.05, 4.69) is 24.8 Å². The summed E-state index contributed by atoms with van der Waals surface area (Å²) < 4.78 is 0. The maximum absolute atomic E-state index is 8.91. The number of hydrogen-bond acceptors (Lipinski definition) is 2. The third-order valence-electron chi connectivity index (χ3n) is 3.27. The highest BCUT2D eigenvalue weighted by Gasteiger charge is 2.21. The minimum Gasteiger partial charge on any atom is -0.198 e. The molecule has 1 nitrogen and oxygen atoms in total. The van der Waals surface area contributed by atoms with Crippen molar-refractivity contribution in [3.8, 4) is 6.07 Å². The lowest BCUT2D eigenvalue weighted by Crippen LogP contribution is -2.17. The van der Waals surface area contributed by atoms with Crippen molar-refractivity contribution in [2.45, 2.75) is 58.1 Å². The average molecular weight is 225 g/mol. The van der Waals surface area contributed by atoms with Crippen molar-refractivity contribution in [2.24, 2.45) is 11.3 Å². The Balaban J connectivity index is 2.18. The van der Waals surface area contributed by atoms with Crippen LogP contribution in [0.1, 0.15) is 52.9 Å². The Labute approximate surface area is 98.6 Å². The summed E-state index contributed by atoms with van der Waals surface area (Å²) in [6.45, 7) is 6.44. The Bertz CT molecular complexity index is 229. The molecule has 0 aromatic rings. The molecule has 15 heavy (non-hydrogen) atoms. The third-order valence-corrected chi connectivity index (χ3v) is 4.61. The summed E-state index contributed by atoms with van der Waals surface area (Å²) >= 11 is 2.09. The van der Waals surface area contributed by atoms with Crippen molar-refractivity contribution in [3.05, 3.63) is 0 Å². The minimum atomic E-state index is -0.132. The number of hydrogen-bond donors (Lipinski definition) is 0. The zero-order chi connectivity index (χ0) is 11.3. The second-order valence-corrected chi connectivity index (χ2v) is 6.92. The number of rotatable bonds is 4. The molecule has 2 unspecified atom stereocenters. The van der Waals surface area contributed by atoms with Crippen molar-refractivity contribution in [1.82, 2.24) is 0 Å². The van der Waals surface area contributed by atoms with E-state index < -0.39 is 0 Å². The van der Waals surface area contributed by atoms with Crippen molar-refractivity contribution in [1.29, 1.82) is 5.26 Å². The number of nitriles is 1. The van der Waals surface area contributed by atoms with Gasteiger partial charge in [-0.1, -0.05) is 19.8 Å².